The Bertz CT molecular complexity index is 1640. The first-order valence-corrected chi connectivity index (χ1v) is 11.7. The summed E-state index contributed by atoms with van der Waals surface area (Å²) in [4.78, 5) is 13.0. The molecule has 1 N–H and O–H groups in total. The number of alkyl halides is 4. The van der Waals surface area contributed by atoms with E-state index in [1.54, 1.807) is 29.8 Å². The van der Waals surface area contributed by atoms with Gasteiger partial charge in [-0.1, -0.05) is 29.8 Å². The van der Waals surface area contributed by atoms with Crippen LogP contribution < -0.4 is 5.32 Å². The quantitative estimate of drug-likeness (QED) is 0.289. The number of anilines is 2. The summed E-state index contributed by atoms with van der Waals surface area (Å²) in [6.45, 7) is -0.742. The summed E-state index contributed by atoms with van der Waals surface area (Å²) in [5.41, 5.74) is 0.427. The van der Waals surface area contributed by atoms with E-state index in [2.05, 4.69) is 35.6 Å². The molecule has 38 heavy (non-hydrogen) atoms. The molecule has 5 heterocycles. The number of nitrogens with one attached hydrogen (secondary N) is 1. The second-order valence-corrected chi connectivity index (χ2v) is 8.96. The van der Waals surface area contributed by atoms with Gasteiger partial charge in [0.15, 0.2) is 5.82 Å². The molecule has 1 aliphatic heterocycles. The van der Waals surface area contributed by atoms with Crippen LogP contribution in [0.25, 0.3) is 23.0 Å². The summed E-state index contributed by atoms with van der Waals surface area (Å²) in [5.74, 6) is -3.47. The molecule has 4 aromatic heterocycles. The van der Waals surface area contributed by atoms with Crippen LogP contribution in [0.1, 0.15) is 30.9 Å². The molecule has 0 aliphatic carbocycles. The predicted molar refractivity (Wildman–Crippen MR) is 128 cm³/mol. The molecule has 0 spiro atoms. The molecular formula is C23H17ClF4N10. The third kappa shape index (κ3) is 3.88. The Morgan fingerprint density at radius 3 is 2.63 bits per heavy atom. The molecule has 0 bridgehead atoms. The molecular weight excluding hydrogens is 528 g/mol. The summed E-state index contributed by atoms with van der Waals surface area (Å²) in [6, 6.07) is 8.24. The summed E-state index contributed by atoms with van der Waals surface area (Å²) in [5, 5.41) is 14.1. The molecule has 0 amide bonds. The van der Waals surface area contributed by atoms with Gasteiger partial charge in [0.2, 0.25) is 17.6 Å². The van der Waals surface area contributed by atoms with Crippen LogP contribution in [0.15, 0.2) is 55.0 Å². The van der Waals surface area contributed by atoms with E-state index in [1.165, 1.54) is 41.2 Å². The molecule has 10 nitrogen and oxygen atoms in total. The van der Waals surface area contributed by atoms with Gasteiger partial charge in [-0.15, -0.1) is 10.2 Å². The van der Waals surface area contributed by atoms with E-state index in [0.29, 0.717) is 28.4 Å². The lowest BCUT2D eigenvalue weighted by Crippen LogP contribution is -2.28. The van der Waals surface area contributed by atoms with Crippen LogP contribution in [0.5, 0.6) is 0 Å². The average Bonchev–Trinajstić information content (AvgIpc) is 3.63. The van der Waals surface area contributed by atoms with Crippen molar-refractivity contribution in [2.24, 2.45) is 0 Å². The Morgan fingerprint density at radius 1 is 1.03 bits per heavy atom. The Morgan fingerprint density at radius 2 is 1.84 bits per heavy atom. The van der Waals surface area contributed by atoms with E-state index >= 15 is 8.78 Å². The van der Waals surface area contributed by atoms with Crippen LogP contribution in [0.4, 0.5) is 29.3 Å². The lowest BCUT2D eigenvalue weighted by atomic mass is 10.1. The van der Waals surface area contributed by atoms with E-state index in [-0.39, 0.29) is 28.2 Å². The molecule has 0 saturated heterocycles. The van der Waals surface area contributed by atoms with E-state index < -0.39 is 24.3 Å². The van der Waals surface area contributed by atoms with Gasteiger partial charge in [-0.25, -0.2) is 15.0 Å². The van der Waals surface area contributed by atoms with Crippen LogP contribution in [0.2, 0.25) is 5.02 Å². The van der Waals surface area contributed by atoms with Gasteiger partial charge in [0.05, 0.1) is 23.0 Å². The lowest BCUT2D eigenvalue weighted by Gasteiger charge is -2.26. The molecule has 6 rings (SSSR count). The maximum absolute atomic E-state index is 15.6. The number of imidazole rings is 1. The highest BCUT2D eigenvalue weighted by atomic mass is 35.5. The van der Waals surface area contributed by atoms with Crippen molar-refractivity contribution in [1.29, 1.82) is 0 Å². The Kier molecular flexibility index (Phi) is 5.63. The number of hydrogen-bond acceptors (Lipinski definition) is 7. The van der Waals surface area contributed by atoms with E-state index in [4.69, 9.17) is 11.6 Å². The summed E-state index contributed by atoms with van der Waals surface area (Å²) >= 11 is 6.07. The molecule has 0 fully saturated rings. The van der Waals surface area contributed by atoms with Gasteiger partial charge in [-0.05, 0) is 19.1 Å². The fourth-order valence-electron chi connectivity index (χ4n) is 4.38. The molecule has 0 radical (unpaired) electrons. The van der Waals surface area contributed by atoms with Crippen LogP contribution in [0, 0.1) is 0 Å². The fourth-order valence-corrected chi connectivity index (χ4v) is 4.63. The number of fused-ring (bicyclic) bond motifs is 3. The van der Waals surface area contributed by atoms with Gasteiger partial charge >= 0.3 is 12.5 Å². The van der Waals surface area contributed by atoms with Crippen molar-refractivity contribution in [2.45, 2.75) is 32.0 Å². The number of aromatic nitrogens is 9. The van der Waals surface area contributed by atoms with Gasteiger partial charge in [0.1, 0.15) is 11.5 Å². The maximum Gasteiger partial charge on any atom is 0.335 e. The molecule has 194 valence electrons. The second-order valence-electron chi connectivity index (χ2n) is 8.55. The van der Waals surface area contributed by atoms with Crippen molar-refractivity contribution in [3.63, 3.8) is 0 Å². The van der Waals surface area contributed by atoms with Crippen LogP contribution in [0.3, 0.4) is 0 Å². The molecule has 0 unspecified atom stereocenters. The predicted octanol–water partition coefficient (Wildman–Crippen LogP) is 5.30. The largest absolute Gasteiger partial charge is 0.335 e. The smallest absolute Gasteiger partial charge is 0.326 e. The van der Waals surface area contributed by atoms with Crippen molar-refractivity contribution in [3.8, 4) is 23.0 Å². The number of rotatable bonds is 6. The van der Waals surface area contributed by atoms with E-state index in [0.717, 1.165) is 0 Å². The second kappa shape index (κ2) is 8.90. The normalized spacial score (nSPS) is 15.0. The van der Waals surface area contributed by atoms with Crippen LogP contribution in [-0.4, -0.2) is 44.1 Å². The van der Waals surface area contributed by atoms with Gasteiger partial charge in [0, 0.05) is 30.6 Å². The monoisotopic (exact) mass is 544 g/mol. The standard InChI is InChI=1S/C23H17ClF4N10/c1-12-10-36-11-16(15-6-8-29-22(32-15)33-17-7-9-30-38(17)21(25)26)31-18(36)19-34-35-20(37(12)19)23(27,28)13-4-2-3-5-14(13)24/h2-9,11-12,21H,10H2,1H3,(H,29,32,33)/t12-/m0/s1. The van der Waals surface area contributed by atoms with Gasteiger partial charge in [-0.2, -0.15) is 27.3 Å². The first-order valence-electron chi connectivity index (χ1n) is 11.3. The molecule has 1 atom stereocenters. The zero-order valence-corrected chi connectivity index (χ0v) is 20.2. The van der Waals surface area contributed by atoms with Crippen molar-refractivity contribution in [3.05, 3.63) is 71.4 Å². The van der Waals surface area contributed by atoms with Crippen LogP contribution in [-0.2, 0) is 12.5 Å². The van der Waals surface area contributed by atoms with E-state index in [9.17, 15) is 8.78 Å². The number of nitrogens with zero attached hydrogens (tertiary/aromatic N) is 9. The summed E-state index contributed by atoms with van der Waals surface area (Å²) < 4.78 is 61.0. The Hall–Kier alpha value is -4.33. The summed E-state index contributed by atoms with van der Waals surface area (Å²) in [6.07, 6.45) is 4.38. The average molecular weight is 545 g/mol. The summed E-state index contributed by atoms with van der Waals surface area (Å²) in [7, 11) is 0. The Labute approximate surface area is 217 Å². The Balaban J connectivity index is 1.36. The minimum atomic E-state index is -3.49. The van der Waals surface area contributed by atoms with Gasteiger partial charge in [-0.3, -0.25) is 4.57 Å². The number of benzene rings is 1. The fraction of sp³-hybridized carbons (Fsp3) is 0.217. The highest BCUT2D eigenvalue weighted by molar-refractivity contribution is 6.31. The van der Waals surface area contributed by atoms with Crippen molar-refractivity contribution in [2.75, 3.05) is 5.32 Å². The minimum Gasteiger partial charge on any atom is -0.326 e. The van der Waals surface area contributed by atoms with Crippen molar-refractivity contribution >= 4 is 23.4 Å². The minimum absolute atomic E-state index is 0.00943. The highest BCUT2D eigenvalue weighted by Crippen LogP contribution is 2.42. The van der Waals surface area contributed by atoms with Crippen LogP contribution >= 0.6 is 11.6 Å². The highest BCUT2D eigenvalue weighted by Gasteiger charge is 2.44. The molecule has 1 aliphatic rings. The third-order valence-electron chi connectivity index (χ3n) is 6.08. The van der Waals surface area contributed by atoms with Gasteiger partial charge in [0.25, 0.3) is 0 Å². The van der Waals surface area contributed by atoms with Crippen molar-refractivity contribution in [1.82, 2.24) is 44.1 Å². The zero-order chi connectivity index (χ0) is 26.6. The van der Waals surface area contributed by atoms with E-state index in [1.807, 2.05) is 0 Å². The topological polar surface area (TPSA) is 104 Å². The maximum atomic E-state index is 15.6. The molecule has 0 saturated carbocycles. The number of halogens is 5. The first kappa shape index (κ1) is 24.0. The van der Waals surface area contributed by atoms with Gasteiger partial charge < -0.3 is 9.88 Å². The molecule has 1 aromatic carbocycles. The first-order chi connectivity index (χ1) is 18.2. The number of hydrogen-bond donors (Lipinski definition) is 1. The molecule has 5 aromatic rings. The third-order valence-corrected chi connectivity index (χ3v) is 6.41. The zero-order valence-electron chi connectivity index (χ0n) is 19.5. The lowest BCUT2D eigenvalue weighted by molar-refractivity contribution is 0.0269. The SMILES string of the molecule is C[C@H]1Cn2cc(-c3ccnc(Nc4ccnn4C(F)F)n3)nc2-c2nnc(C(F)(F)c3ccccc3Cl)n21. The molecule has 15 heteroatoms. The van der Waals surface area contributed by atoms with Crippen molar-refractivity contribution < 1.29 is 17.6 Å².